The van der Waals surface area contributed by atoms with Crippen LogP contribution in [0.3, 0.4) is 0 Å². The SMILES string of the molecule is O=C(Nc1ccc(Cl)c([N+](=O)[O-])c1)c1cccc(OCc2ccccc2)c1. The third kappa shape index (κ3) is 4.83. The monoisotopic (exact) mass is 382 g/mol. The van der Waals surface area contributed by atoms with Crippen LogP contribution in [0.25, 0.3) is 0 Å². The minimum absolute atomic E-state index is 0.00862. The van der Waals surface area contributed by atoms with Gasteiger partial charge >= 0.3 is 0 Å². The van der Waals surface area contributed by atoms with E-state index in [0.29, 0.717) is 17.9 Å². The summed E-state index contributed by atoms with van der Waals surface area (Å²) in [4.78, 5) is 22.8. The summed E-state index contributed by atoms with van der Waals surface area (Å²) < 4.78 is 5.71. The fourth-order valence-electron chi connectivity index (χ4n) is 2.40. The molecule has 0 fully saturated rings. The van der Waals surface area contributed by atoms with Gasteiger partial charge in [-0.25, -0.2) is 0 Å². The van der Waals surface area contributed by atoms with Crippen LogP contribution in [0.2, 0.25) is 5.02 Å². The number of rotatable bonds is 6. The highest BCUT2D eigenvalue weighted by molar-refractivity contribution is 6.32. The lowest BCUT2D eigenvalue weighted by Gasteiger charge is -2.09. The zero-order valence-corrected chi connectivity index (χ0v) is 14.8. The highest BCUT2D eigenvalue weighted by atomic mass is 35.5. The van der Waals surface area contributed by atoms with Crippen LogP contribution in [0.5, 0.6) is 5.75 Å². The Balaban J connectivity index is 1.70. The molecule has 0 aliphatic carbocycles. The molecule has 0 atom stereocenters. The number of carbonyl (C=O) groups excluding carboxylic acids is 1. The first-order valence-electron chi connectivity index (χ1n) is 8.05. The summed E-state index contributed by atoms with van der Waals surface area (Å²) in [6.07, 6.45) is 0. The summed E-state index contributed by atoms with van der Waals surface area (Å²) in [5, 5.41) is 13.6. The van der Waals surface area contributed by atoms with Crippen molar-refractivity contribution in [2.45, 2.75) is 6.61 Å². The predicted octanol–water partition coefficient (Wildman–Crippen LogP) is 5.08. The normalized spacial score (nSPS) is 10.3. The maximum absolute atomic E-state index is 12.4. The van der Waals surface area contributed by atoms with Crippen LogP contribution in [0.1, 0.15) is 15.9 Å². The molecule has 0 aliphatic rings. The van der Waals surface area contributed by atoms with E-state index in [2.05, 4.69) is 5.32 Å². The van der Waals surface area contributed by atoms with Gasteiger partial charge in [0, 0.05) is 17.3 Å². The molecular formula is C20H15ClN2O4. The summed E-state index contributed by atoms with van der Waals surface area (Å²) >= 11 is 5.78. The Morgan fingerprint density at radius 2 is 1.81 bits per heavy atom. The number of nitrogens with zero attached hydrogens (tertiary/aromatic N) is 1. The quantitative estimate of drug-likeness (QED) is 0.476. The van der Waals surface area contributed by atoms with Gasteiger partial charge in [0.25, 0.3) is 11.6 Å². The molecule has 0 bridgehead atoms. The molecule has 1 amide bonds. The maximum atomic E-state index is 12.4. The topological polar surface area (TPSA) is 81.5 Å². The van der Waals surface area contributed by atoms with Crippen LogP contribution in [-0.4, -0.2) is 10.8 Å². The zero-order valence-electron chi connectivity index (χ0n) is 14.1. The first-order valence-corrected chi connectivity index (χ1v) is 8.43. The average molecular weight is 383 g/mol. The Labute approximate surface area is 160 Å². The number of hydrogen-bond acceptors (Lipinski definition) is 4. The molecule has 7 heteroatoms. The third-order valence-electron chi connectivity index (χ3n) is 3.75. The van der Waals surface area contributed by atoms with Crippen molar-refractivity contribution < 1.29 is 14.5 Å². The number of nitrogens with one attached hydrogen (secondary N) is 1. The summed E-state index contributed by atoms with van der Waals surface area (Å²) in [5.74, 6) is 0.144. The molecule has 136 valence electrons. The van der Waals surface area contributed by atoms with Crippen LogP contribution in [0, 0.1) is 10.1 Å². The van der Waals surface area contributed by atoms with Crippen molar-refractivity contribution in [1.82, 2.24) is 0 Å². The fourth-order valence-corrected chi connectivity index (χ4v) is 2.59. The molecule has 0 aromatic heterocycles. The molecule has 0 heterocycles. The van der Waals surface area contributed by atoms with E-state index in [9.17, 15) is 14.9 Å². The van der Waals surface area contributed by atoms with Gasteiger partial charge in [0.05, 0.1) is 4.92 Å². The van der Waals surface area contributed by atoms with Crippen molar-refractivity contribution in [2.24, 2.45) is 0 Å². The number of nitro groups is 1. The second kappa shape index (κ2) is 8.33. The summed E-state index contributed by atoms with van der Waals surface area (Å²) in [5.41, 5.74) is 1.40. The first-order chi connectivity index (χ1) is 13.0. The van der Waals surface area contributed by atoms with E-state index in [1.54, 1.807) is 24.3 Å². The molecular weight excluding hydrogens is 368 g/mol. The Kier molecular flexibility index (Phi) is 5.68. The number of amides is 1. The lowest BCUT2D eigenvalue weighted by molar-refractivity contribution is -0.384. The van der Waals surface area contributed by atoms with E-state index in [4.69, 9.17) is 16.3 Å². The lowest BCUT2D eigenvalue weighted by atomic mass is 10.2. The molecule has 3 aromatic rings. The van der Waals surface area contributed by atoms with E-state index in [1.165, 1.54) is 18.2 Å². The van der Waals surface area contributed by atoms with Crippen LogP contribution >= 0.6 is 11.6 Å². The van der Waals surface area contributed by atoms with Gasteiger partial charge in [0.15, 0.2) is 0 Å². The predicted molar refractivity (Wildman–Crippen MR) is 103 cm³/mol. The minimum Gasteiger partial charge on any atom is -0.489 e. The number of carbonyl (C=O) groups is 1. The molecule has 0 radical (unpaired) electrons. The second-order valence-electron chi connectivity index (χ2n) is 5.68. The summed E-state index contributed by atoms with van der Waals surface area (Å²) in [7, 11) is 0. The van der Waals surface area contributed by atoms with Crippen LogP contribution in [-0.2, 0) is 6.61 Å². The van der Waals surface area contributed by atoms with Crippen molar-refractivity contribution in [2.75, 3.05) is 5.32 Å². The van der Waals surface area contributed by atoms with Crippen molar-refractivity contribution in [3.63, 3.8) is 0 Å². The maximum Gasteiger partial charge on any atom is 0.289 e. The molecule has 0 aliphatic heterocycles. The highest BCUT2D eigenvalue weighted by Crippen LogP contribution is 2.27. The largest absolute Gasteiger partial charge is 0.489 e. The van der Waals surface area contributed by atoms with E-state index in [0.717, 1.165) is 5.56 Å². The average Bonchev–Trinajstić information content (AvgIpc) is 2.68. The minimum atomic E-state index is -0.601. The zero-order chi connectivity index (χ0) is 19.2. The molecule has 0 spiro atoms. The van der Waals surface area contributed by atoms with Crippen LogP contribution < -0.4 is 10.1 Å². The number of halogens is 1. The Morgan fingerprint density at radius 1 is 1.04 bits per heavy atom. The molecule has 6 nitrogen and oxygen atoms in total. The number of nitro benzene ring substituents is 1. The van der Waals surface area contributed by atoms with E-state index >= 15 is 0 Å². The Morgan fingerprint density at radius 3 is 2.56 bits per heavy atom. The van der Waals surface area contributed by atoms with Gasteiger partial charge < -0.3 is 10.1 Å². The van der Waals surface area contributed by atoms with Gasteiger partial charge in [-0.2, -0.15) is 0 Å². The van der Waals surface area contributed by atoms with E-state index in [-0.39, 0.29) is 16.4 Å². The molecule has 3 aromatic carbocycles. The molecule has 3 rings (SSSR count). The van der Waals surface area contributed by atoms with Crippen LogP contribution in [0.4, 0.5) is 11.4 Å². The van der Waals surface area contributed by atoms with E-state index in [1.807, 2.05) is 30.3 Å². The van der Waals surface area contributed by atoms with E-state index < -0.39 is 10.8 Å². The van der Waals surface area contributed by atoms with Gasteiger partial charge in [-0.15, -0.1) is 0 Å². The third-order valence-corrected chi connectivity index (χ3v) is 4.06. The lowest BCUT2D eigenvalue weighted by Crippen LogP contribution is -2.12. The van der Waals surface area contributed by atoms with Crippen molar-refractivity contribution >= 4 is 28.9 Å². The van der Waals surface area contributed by atoms with Gasteiger partial charge in [-0.05, 0) is 35.9 Å². The Bertz CT molecular complexity index is 977. The van der Waals surface area contributed by atoms with Crippen molar-refractivity contribution in [3.05, 3.63) is 99.1 Å². The summed E-state index contributed by atoms with van der Waals surface area (Å²) in [6, 6.07) is 20.5. The fraction of sp³-hybridized carbons (Fsp3) is 0.0500. The number of hydrogen-bond donors (Lipinski definition) is 1. The smallest absolute Gasteiger partial charge is 0.289 e. The molecule has 27 heavy (non-hydrogen) atoms. The molecule has 0 saturated carbocycles. The highest BCUT2D eigenvalue weighted by Gasteiger charge is 2.14. The van der Waals surface area contributed by atoms with Crippen molar-refractivity contribution in [1.29, 1.82) is 0 Å². The standard InChI is InChI=1S/C20H15ClN2O4/c21-18-10-9-16(12-19(18)23(25)26)22-20(24)15-7-4-8-17(11-15)27-13-14-5-2-1-3-6-14/h1-12H,13H2,(H,22,24). The van der Waals surface area contributed by atoms with Crippen LogP contribution in [0.15, 0.2) is 72.8 Å². The van der Waals surface area contributed by atoms with Crippen molar-refractivity contribution in [3.8, 4) is 5.75 Å². The van der Waals surface area contributed by atoms with Gasteiger partial charge in [0.1, 0.15) is 17.4 Å². The first kappa shape index (κ1) is 18.4. The summed E-state index contributed by atoms with van der Waals surface area (Å²) in [6.45, 7) is 0.384. The molecule has 1 N–H and O–H groups in total. The molecule has 0 unspecified atom stereocenters. The molecule has 0 saturated heterocycles. The number of ether oxygens (including phenoxy) is 1. The number of benzene rings is 3. The van der Waals surface area contributed by atoms with Gasteiger partial charge in [-0.1, -0.05) is 48.0 Å². The number of anilines is 1. The van der Waals surface area contributed by atoms with Gasteiger partial charge in [-0.3, -0.25) is 14.9 Å². The Hall–Kier alpha value is -3.38. The second-order valence-corrected chi connectivity index (χ2v) is 6.09. The van der Waals surface area contributed by atoms with Gasteiger partial charge in [0.2, 0.25) is 0 Å².